The lowest BCUT2D eigenvalue weighted by atomic mass is 9.75. The fourth-order valence-electron chi connectivity index (χ4n) is 8.90. The van der Waals surface area contributed by atoms with Crippen LogP contribution < -0.4 is 42.6 Å². The highest BCUT2D eigenvalue weighted by molar-refractivity contribution is 6.30. The summed E-state index contributed by atoms with van der Waals surface area (Å²) in [7, 11) is 2.74. The molecular weight excluding hydrogens is 861 g/mol. The van der Waals surface area contributed by atoms with Crippen molar-refractivity contribution in [1.82, 2.24) is 20.9 Å². The minimum atomic E-state index is -2.46. The standard InChI is InChI=1S/C45H54N8O13/c1-49-44(48)52-28(10-12-54)35-23(5-3-21-4-6-31(46)51-18-21)13-26-37(39(35)59)40(60)36-27(38(26)58)15-25(64-2)16-29(36)65-43-41(61)42(62)45(63,30(20-55)66-43)17-24(22-9-11-50-32(47)14-22)19-53-33(56)7-8-34(53)57/h4,6-9,13-16,18,24,28,30-31,41-43,50-51,54-55,59,61-63H,3,5,10-12,17,19-20,46-47H2,1-2H3,(H3,48,49,52). The number of aliphatic hydroxyl groups is 5. The van der Waals surface area contributed by atoms with E-state index in [2.05, 4.69) is 20.9 Å². The maximum absolute atomic E-state index is 14.8. The van der Waals surface area contributed by atoms with Gasteiger partial charge in [0.2, 0.25) is 12.1 Å². The first kappa shape index (κ1) is 47.4. The molecule has 8 unspecified atom stereocenters. The molecule has 15 N–H and O–H groups in total. The number of fused-ring (bicyclic) bond motifs is 2. The summed E-state index contributed by atoms with van der Waals surface area (Å²) in [4.78, 5) is 59.6. The highest BCUT2D eigenvalue weighted by Crippen LogP contribution is 2.45. The summed E-state index contributed by atoms with van der Waals surface area (Å²) >= 11 is 0. The number of nitrogens with one attached hydrogen (secondary N) is 3. The molecule has 0 radical (unpaired) electrons. The largest absolute Gasteiger partial charge is 0.507 e. The highest BCUT2D eigenvalue weighted by atomic mass is 16.7. The van der Waals surface area contributed by atoms with Crippen molar-refractivity contribution in [2.75, 3.05) is 40.5 Å². The average molecular weight is 915 g/mol. The Hall–Kier alpha value is -6.59. The van der Waals surface area contributed by atoms with Gasteiger partial charge < -0.3 is 78.0 Å². The van der Waals surface area contributed by atoms with Gasteiger partial charge in [-0.2, -0.15) is 0 Å². The number of dihydropyridines is 2. The number of nitrogens with zero attached hydrogens (tertiary/aromatic N) is 2. The fraction of sp³-hybridized carbons (Fsp3) is 0.400. The van der Waals surface area contributed by atoms with Crippen molar-refractivity contribution in [3.63, 3.8) is 0 Å². The first-order chi connectivity index (χ1) is 31.5. The molecule has 1 aliphatic carbocycles. The molecule has 2 amide bonds. The van der Waals surface area contributed by atoms with Crippen LogP contribution >= 0.6 is 0 Å². The Morgan fingerprint density at radius 1 is 1.06 bits per heavy atom. The number of aliphatic hydroxyl groups excluding tert-OH is 4. The Kier molecular flexibility index (Phi) is 14.0. The molecule has 1 saturated heterocycles. The number of aliphatic imine (C=N–C) groups is 1. The summed E-state index contributed by atoms with van der Waals surface area (Å²) in [5.74, 6) is -4.41. The van der Waals surface area contributed by atoms with E-state index < -0.39 is 89.9 Å². The van der Waals surface area contributed by atoms with Gasteiger partial charge in [0.15, 0.2) is 11.7 Å². The van der Waals surface area contributed by atoms with Crippen LogP contribution in [0.15, 0.2) is 82.8 Å². The first-order valence-corrected chi connectivity index (χ1v) is 21.2. The average Bonchev–Trinajstić information content (AvgIpc) is 3.62. The number of rotatable bonds is 16. The van der Waals surface area contributed by atoms with Crippen LogP contribution in [0.2, 0.25) is 0 Å². The van der Waals surface area contributed by atoms with E-state index in [-0.39, 0.29) is 84.2 Å². The van der Waals surface area contributed by atoms with Crippen LogP contribution in [0.3, 0.4) is 0 Å². The molecule has 2 aromatic rings. The first-order valence-electron chi connectivity index (χ1n) is 21.2. The van der Waals surface area contributed by atoms with E-state index in [1.165, 1.54) is 38.4 Å². The summed E-state index contributed by atoms with van der Waals surface area (Å²) in [6.45, 7) is -1.32. The maximum atomic E-state index is 14.8. The molecule has 352 valence electrons. The molecule has 0 saturated carbocycles. The fourth-order valence-corrected chi connectivity index (χ4v) is 8.90. The maximum Gasteiger partial charge on any atom is 0.253 e. The molecule has 1 fully saturated rings. The van der Waals surface area contributed by atoms with Crippen LogP contribution in [0.25, 0.3) is 0 Å². The minimum absolute atomic E-state index is 0.00247. The number of guanidine groups is 1. The van der Waals surface area contributed by atoms with Gasteiger partial charge in [0.05, 0.1) is 42.9 Å². The van der Waals surface area contributed by atoms with E-state index >= 15 is 0 Å². The van der Waals surface area contributed by atoms with E-state index in [0.29, 0.717) is 17.6 Å². The summed E-state index contributed by atoms with van der Waals surface area (Å²) in [5.41, 5.74) is 16.4. The van der Waals surface area contributed by atoms with Crippen molar-refractivity contribution in [3.8, 4) is 17.2 Å². The van der Waals surface area contributed by atoms with E-state index in [0.717, 1.165) is 22.6 Å². The molecule has 0 spiro atoms. The number of amides is 2. The molecule has 5 aliphatic rings. The molecule has 2 aromatic carbocycles. The highest BCUT2D eigenvalue weighted by Gasteiger charge is 2.57. The van der Waals surface area contributed by atoms with Crippen LogP contribution in [-0.4, -0.2) is 142 Å². The zero-order valence-electron chi connectivity index (χ0n) is 36.1. The van der Waals surface area contributed by atoms with Crippen molar-refractivity contribution in [2.45, 2.75) is 68.1 Å². The Morgan fingerprint density at radius 2 is 1.79 bits per heavy atom. The Balaban J connectivity index is 1.24. The molecule has 4 heterocycles. The number of methoxy groups -OCH3 is 1. The van der Waals surface area contributed by atoms with Crippen LogP contribution in [0.5, 0.6) is 17.2 Å². The molecule has 66 heavy (non-hydrogen) atoms. The molecule has 0 bridgehead atoms. The normalized spacial score (nSPS) is 25.8. The van der Waals surface area contributed by atoms with Gasteiger partial charge in [-0.05, 0) is 66.7 Å². The third kappa shape index (κ3) is 9.14. The molecule has 21 nitrogen and oxygen atoms in total. The number of hydrogen-bond donors (Lipinski definition) is 12. The molecule has 4 aliphatic heterocycles. The number of phenols is 1. The smallest absolute Gasteiger partial charge is 0.253 e. The van der Waals surface area contributed by atoms with Crippen molar-refractivity contribution in [3.05, 3.63) is 111 Å². The lowest BCUT2D eigenvalue weighted by Gasteiger charge is -2.49. The third-order valence-corrected chi connectivity index (χ3v) is 12.4. The van der Waals surface area contributed by atoms with Gasteiger partial charge in [-0.1, -0.05) is 12.2 Å². The van der Waals surface area contributed by atoms with E-state index in [4.69, 9.17) is 31.4 Å². The molecule has 0 aromatic heterocycles. The molecule has 21 heteroatoms. The number of aromatic hydroxyl groups is 1. The predicted octanol–water partition coefficient (Wildman–Crippen LogP) is -1.80. The number of allylic oxidation sites excluding steroid dienone is 3. The second kappa shape index (κ2) is 19.5. The molecule has 8 atom stereocenters. The Bertz CT molecular complexity index is 2460. The number of hydrogen-bond acceptors (Lipinski definition) is 18. The van der Waals surface area contributed by atoms with Gasteiger partial charge in [-0.15, -0.1) is 0 Å². The van der Waals surface area contributed by atoms with Gasteiger partial charge in [-0.3, -0.25) is 29.1 Å². The summed E-state index contributed by atoms with van der Waals surface area (Å²) in [5, 5.41) is 77.4. The van der Waals surface area contributed by atoms with Crippen LogP contribution in [0.1, 0.15) is 68.3 Å². The van der Waals surface area contributed by atoms with Crippen molar-refractivity contribution < 1.29 is 64.0 Å². The lowest BCUT2D eigenvalue weighted by molar-refractivity contribution is -0.316. The predicted molar refractivity (Wildman–Crippen MR) is 235 cm³/mol. The number of carbonyl (C=O) groups is 4. The topological polar surface area (TPSA) is 347 Å². The van der Waals surface area contributed by atoms with Crippen molar-refractivity contribution in [2.24, 2.45) is 28.1 Å². The number of ether oxygens (including phenoxy) is 3. The number of benzene rings is 2. The second-order valence-corrected chi connectivity index (χ2v) is 16.4. The monoisotopic (exact) mass is 914 g/mol. The summed E-state index contributed by atoms with van der Waals surface area (Å²) < 4.78 is 17.6. The van der Waals surface area contributed by atoms with Gasteiger partial charge in [0.25, 0.3) is 11.8 Å². The van der Waals surface area contributed by atoms with Gasteiger partial charge >= 0.3 is 0 Å². The SMILES string of the molecule is CN=C(N)NC(CCO)c1c(CCC2=CNC(N)C=C2)cc2c(c1O)C(=O)c1c(OC3OC(CO)C(O)(CC(CN4C(=O)C=CC4=O)C4=CCNC(N)=C4)C(O)C3O)cc(OC)cc1C2=O. The van der Waals surface area contributed by atoms with Crippen molar-refractivity contribution in [1.29, 1.82) is 0 Å². The number of imide groups is 1. The van der Waals surface area contributed by atoms with Gasteiger partial charge in [0, 0.05) is 73.8 Å². The number of aryl methyl sites for hydroxylation is 1. The Labute approximate surface area is 378 Å². The zero-order chi connectivity index (χ0) is 47.6. The summed E-state index contributed by atoms with van der Waals surface area (Å²) in [6.07, 6.45) is 2.77. The van der Waals surface area contributed by atoms with Crippen LogP contribution in [0.4, 0.5) is 0 Å². The second-order valence-electron chi connectivity index (χ2n) is 16.4. The van der Waals surface area contributed by atoms with E-state index in [1.54, 1.807) is 18.4 Å². The zero-order valence-corrected chi connectivity index (χ0v) is 36.1. The minimum Gasteiger partial charge on any atom is -0.507 e. The number of ketones is 2. The van der Waals surface area contributed by atoms with E-state index in [9.17, 15) is 49.8 Å². The van der Waals surface area contributed by atoms with E-state index in [1.807, 2.05) is 6.08 Å². The summed E-state index contributed by atoms with van der Waals surface area (Å²) in [6, 6.07) is 3.14. The Morgan fingerprint density at radius 3 is 2.42 bits per heavy atom. The molecule has 7 rings (SSSR count). The quantitative estimate of drug-likeness (QED) is 0.0429. The molecular formula is C45H54N8O13. The number of carbonyl (C=O) groups excluding carboxylic acids is 4. The number of phenolic OH excluding ortho intramolecular Hbond substituents is 1. The van der Waals surface area contributed by atoms with Crippen LogP contribution in [-0.2, 0) is 20.7 Å². The van der Waals surface area contributed by atoms with Crippen LogP contribution in [0, 0.1) is 5.92 Å². The van der Waals surface area contributed by atoms with Crippen molar-refractivity contribution >= 4 is 29.3 Å². The third-order valence-electron chi connectivity index (χ3n) is 12.4. The number of nitrogens with two attached hydrogens (primary N) is 3. The van der Waals surface area contributed by atoms with Gasteiger partial charge in [0.1, 0.15) is 41.2 Å². The lowest BCUT2D eigenvalue weighted by Crippen LogP contribution is -2.68. The van der Waals surface area contributed by atoms with Gasteiger partial charge in [-0.25, -0.2) is 0 Å².